The van der Waals surface area contributed by atoms with Crippen molar-refractivity contribution in [2.24, 2.45) is 11.5 Å². The Bertz CT molecular complexity index is 476. The minimum atomic E-state index is -1.33. The molecule has 9 heteroatoms. The normalized spacial score (nSPS) is 30.7. The maximum atomic E-state index is 11.3. The van der Waals surface area contributed by atoms with Gasteiger partial charge in [-0.15, -0.1) is 0 Å². The number of rotatable bonds is 4. The van der Waals surface area contributed by atoms with Crippen molar-refractivity contribution in [1.29, 1.82) is 0 Å². The molecule has 0 aliphatic carbocycles. The van der Waals surface area contributed by atoms with Crippen LogP contribution < -0.4 is 11.5 Å². The fourth-order valence-corrected chi connectivity index (χ4v) is 2.00. The quantitative estimate of drug-likeness (QED) is 0.392. The number of nitrogens with zero attached hydrogens (tertiary/aromatic N) is 2. The van der Waals surface area contributed by atoms with Crippen LogP contribution in [0.5, 0.6) is 0 Å². The maximum Gasteiger partial charge on any atom is 0.267 e. The lowest BCUT2D eigenvalue weighted by atomic mass is 10.1. The molecule has 0 saturated carbocycles. The number of amides is 1. The smallest absolute Gasteiger partial charge is 0.267 e. The van der Waals surface area contributed by atoms with E-state index in [0.29, 0.717) is 5.69 Å². The van der Waals surface area contributed by atoms with E-state index in [1.807, 2.05) is 0 Å². The number of primary amides is 1. The summed E-state index contributed by atoms with van der Waals surface area (Å²) in [6, 6.07) is 1.39. The highest BCUT2D eigenvalue weighted by molar-refractivity contribution is 5.91. The first-order valence-electron chi connectivity index (χ1n) is 5.70. The standard InChI is InChI=1S/C10H16N4O5/c11-2-4-1-5(9(12)18)14(13-4)10-8(17)7(16)6(3-15)19-10/h1,6-8,10,15-17H,2-3,11H2,(H2,12,18)/t6-,7-,8-,10-/m1/s1. The molecule has 106 valence electrons. The van der Waals surface area contributed by atoms with Gasteiger partial charge in [0, 0.05) is 6.54 Å². The van der Waals surface area contributed by atoms with E-state index in [0.717, 1.165) is 4.68 Å². The maximum absolute atomic E-state index is 11.3. The van der Waals surface area contributed by atoms with E-state index in [2.05, 4.69) is 5.10 Å². The second-order valence-corrected chi connectivity index (χ2v) is 4.26. The third-order valence-electron chi connectivity index (χ3n) is 3.01. The van der Waals surface area contributed by atoms with Crippen molar-refractivity contribution in [3.8, 4) is 0 Å². The number of nitrogens with two attached hydrogens (primary N) is 2. The molecule has 1 amide bonds. The summed E-state index contributed by atoms with van der Waals surface area (Å²) < 4.78 is 6.35. The van der Waals surface area contributed by atoms with Crippen molar-refractivity contribution < 1.29 is 24.9 Å². The van der Waals surface area contributed by atoms with Gasteiger partial charge in [-0.3, -0.25) is 4.79 Å². The SMILES string of the molecule is NCc1cc(C(N)=O)n([C@@H]2O[C@H](CO)[C@@H](O)[C@H]2O)n1. The number of ether oxygens (including phenoxy) is 1. The average molecular weight is 272 g/mol. The zero-order valence-corrected chi connectivity index (χ0v) is 10.0. The van der Waals surface area contributed by atoms with Crippen molar-refractivity contribution in [3.63, 3.8) is 0 Å². The minimum Gasteiger partial charge on any atom is -0.394 e. The van der Waals surface area contributed by atoms with Crippen LogP contribution >= 0.6 is 0 Å². The highest BCUT2D eigenvalue weighted by Crippen LogP contribution is 2.30. The van der Waals surface area contributed by atoms with Gasteiger partial charge in [-0.2, -0.15) is 5.10 Å². The number of carbonyl (C=O) groups is 1. The number of hydrogen-bond donors (Lipinski definition) is 5. The molecule has 0 aromatic carbocycles. The summed E-state index contributed by atoms with van der Waals surface area (Å²) >= 11 is 0. The molecule has 1 aromatic rings. The Morgan fingerprint density at radius 3 is 2.63 bits per heavy atom. The van der Waals surface area contributed by atoms with Gasteiger partial charge in [-0.05, 0) is 6.07 Å². The molecule has 2 heterocycles. The average Bonchev–Trinajstić information content (AvgIpc) is 2.93. The second-order valence-electron chi connectivity index (χ2n) is 4.26. The molecule has 0 radical (unpaired) electrons. The third kappa shape index (κ3) is 2.33. The van der Waals surface area contributed by atoms with Crippen LogP contribution in [0.3, 0.4) is 0 Å². The van der Waals surface area contributed by atoms with Gasteiger partial charge in [0.15, 0.2) is 6.23 Å². The van der Waals surface area contributed by atoms with Crippen molar-refractivity contribution in [2.75, 3.05) is 6.61 Å². The van der Waals surface area contributed by atoms with Crippen LogP contribution in [0.4, 0.5) is 0 Å². The van der Waals surface area contributed by atoms with Gasteiger partial charge in [0.2, 0.25) is 0 Å². The van der Waals surface area contributed by atoms with Crippen LogP contribution in [-0.4, -0.2) is 55.9 Å². The lowest BCUT2D eigenvalue weighted by molar-refractivity contribution is -0.0594. The van der Waals surface area contributed by atoms with E-state index in [9.17, 15) is 15.0 Å². The fourth-order valence-electron chi connectivity index (χ4n) is 2.00. The summed E-state index contributed by atoms with van der Waals surface area (Å²) in [5.41, 5.74) is 11.0. The molecule has 19 heavy (non-hydrogen) atoms. The van der Waals surface area contributed by atoms with Crippen LogP contribution in [-0.2, 0) is 11.3 Å². The first-order valence-corrected chi connectivity index (χ1v) is 5.70. The summed E-state index contributed by atoms with van der Waals surface area (Å²) in [7, 11) is 0. The Morgan fingerprint density at radius 1 is 1.47 bits per heavy atom. The third-order valence-corrected chi connectivity index (χ3v) is 3.01. The first-order chi connectivity index (χ1) is 8.99. The number of aliphatic hydroxyl groups is 3. The molecule has 0 bridgehead atoms. The van der Waals surface area contributed by atoms with E-state index < -0.39 is 37.1 Å². The van der Waals surface area contributed by atoms with Crippen molar-refractivity contribution in [2.45, 2.75) is 31.1 Å². The molecule has 4 atom stereocenters. The van der Waals surface area contributed by atoms with Crippen LogP contribution in [0.15, 0.2) is 6.07 Å². The van der Waals surface area contributed by atoms with E-state index in [-0.39, 0.29) is 12.2 Å². The Hall–Kier alpha value is -1.52. The van der Waals surface area contributed by atoms with Crippen LogP contribution in [0.1, 0.15) is 22.4 Å². The van der Waals surface area contributed by atoms with Crippen LogP contribution in [0.2, 0.25) is 0 Å². The van der Waals surface area contributed by atoms with Crippen molar-refractivity contribution in [3.05, 3.63) is 17.5 Å². The highest BCUT2D eigenvalue weighted by atomic mass is 16.6. The van der Waals surface area contributed by atoms with E-state index in [4.69, 9.17) is 21.3 Å². The Morgan fingerprint density at radius 2 is 2.16 bits per heavy atom. The molecule has 9 nitrogen and oxygen atoms in total. The van der Waals surface area contributed by atoms with Gasteiger partial charge < -0.3 is 31.5 Å². The Kier molecular flexibility index (Phi) is 3.83. The molecule has 1 aromatic heterocycles. The van der Waals surface area contributed by atoms with Gasteiger partial charge in [-0.25, -0.2) is 4.68 Å². The molecule has 0 spiro atoms. The van der Waals surface area contributed by atoms with Gasteiger partial charge in [0.25, 0.3) is 5.91 Å². The molecule has 1 aliphatic rings. The van der Waals surface area contributed by atoms with Crippen LogP contribution in [0, 0.1) is 0 Å². The lowest BCUT2D eigenvalue weighted by Crippen LogP contribution is -2.34. The zero-order chi connectivity index (χ0) is 14.2. The molecule has 0 unspecified atom stereocenters. The molecule has 7 N–H and O–H groups in total. The molecule has 2 rings (SSSR count). The number of hydrogen-bond acceptors (Lipinski definition) is 7. The fraction of sp³-hybridized carbons (Fsp3) is 0.600. The van der Waals surface area contributed by atoms with Gasteiger partial charge in [-0.1, -0.05) is 0 Å². The number of aliphatic hydroxyl groups excluding tert-OH is 3. The van der Waals surface area contributed by atoms with Crippen molar-refractivity contribution >= 4 is 5.91 Å². The lowest BCUT2D eigenvalue weighted by Gasteiger charge is -2.16. The van der Waals surface area contributed by atoms with E-state index in [1.165, 1.54) is 6.07 Å². The minimum absolute atomic E-state index is 0.00953. The van der Waals surface area contributed by atoms with Crippen molar-refractivity contribution in [1.82, 2.24) is 9.78 Å². The monoisotopic (exact) mass is 272 g/mol. The number of aromatic nitrogens is 2. The first kappa shape index (κ1) is 13.9. The highest BCUT2D eigenvalue weighted by Gasteiger charge is 2.44. The van der Waals surface area contributed by atoms with Gasteiger partial charge in [0.05, 0.1) is 12.3 Å². The summed E-state index contributed by atoms with van der Waals surface area (Å²) in [6.07, 6.45) is -4.66. The predicted octanol–water partition coefficient (Wildman–Crippen LogP) is -2.95. The Labute approximate surface area is 108 Å². The topological polar surface area (TPSA) is 157 Å². The summed E-state index contributed by atoms with van der Waals surface area (Å²) in [6.45, 7) is -0.381. The van der Waals surface area contributed by atoms with E-state index >= 15 is 0 Å². The summed E-state index contributed by atoms with van der Waals surface area (Å²) in [5.74, 6) is -0.759. The largest absolute Gasteiger partial charge is 0.394 e. The second kappa shape index (κ2) is 5.23. The zero-order valence-electron chi connectivity index (χ0n) is 10.0. The summed E-state index contributed by atoms with van der Waals surface area (Å²) in [4.78, 5) is 11.3. The molecular formula is C10H16N4O5. The Balaban J connectivity index is 2.36. The number of carbonyl (C=O) groups excluding carboxylic acids is 1. The van der Waals surface area contributed by atoms with Gasteiger partial charge >= 0.3 is 0 Å². The van der Waals surface area contributed by atoms with Crippen LogP contribution in [0.25, 0.3) is 0 Å². The molecule has 1 saturated heterocycles. The molecule has 1 aliphatic heterocycles. The summed E-state index contributed by atoms with van der Waals surface area (Å²) in [5, 5.41) is 32.5. The van der Waals surface area contributed by atoms with E-state index in [1.54, 1.807) is 0 Å². The van der Waals surface area contributed by atoms with Gasteiger partial charge in [0.1, 0.15) is 24.0 Å². The molecule has 1 fully saturated rings. The molecular weight excluding hydrogens is 256 g/mol. The predicted molar refractivity (Wildman–Crippen MR) is 61.6 cm³/mol.